The molecule has 0 bridgehead atoms. The van der Waals surface area contributed by atoms with Crippen LogP contribution in [0.1, 0.15) is 29.9 Å². The summed E-state index contributed by atoms with van der Waals surface area (Å²) in [5.74, 6) is -0.159. The van der Waals surface area contributed by atoms with Gasteiger partial charge in [0.05, 0.1) is 17.8 Å². The van der Waals surface area contributed by atoms with Gasteiger partial charge in [-0.2, -0.15) is 14.9 Å². The number of carbonyl (C=O) groups is 1. The number of amides is 1. The number of anilines is 1. The van der Waals surface area contributed by atoms with Crippen LogP contribution in [0.2, 0.25) is 5.15 Å². The second-order valence-corrected chi connectivity index (χ2v) is 6.27. The first-order valence-electron chi connectivity index (χ1n) is 7.77. The smallest absolute Gasteiger partial charge is 0.391 e. The van der Waals surface area contributed by atoms with Crippen LogP contribution in [0, 0.1) is 17.1 Å². The lowest BCUT2D eigenvalue weighted by Gasteiger charge is -2.09. The van der Waals surface area contributed by atoms with Crippen LogP contribution in [0.15, 0.2) is 30.5 Å². The molecule has 0 spiro atoms. The van der Waals surface area contributed by atoms with Gasteiger partial charge in [-0.3, -0.25) is 5.32 Å². The van der Waals surface area contributed by atoms with Gasteiger partial charge in [0.1, 0.15) is 11.0 Å². The lowest BCUT2D eigenvalue weighted by Crippen LogP contribution is -2.18. The van der Waals surface area contributed by atoms with E-state index in [1.807, 2.05) is 6.07 Å². The summed E-state index contributed by atoms with van der Waals surface area (Å²) in [6, 6.07) is 6.65. The van der Waals surface area contributed by atoms with E-state index in [4.69, 9.17) is 21.6 Å². The number of hydrogen-bond donors (Lipinski definition) is 1. The number of hydrogen-bond acceptors (Lipinski definition) is 5. The molecule has 9 heteroatoms. The Morgan fingerprint density at radius 1 is 1.38 bits per heavy atom. The minimum Gasteiger partial charge on any atom is -0.391 e. The fraction of sp³-hybridized carbons (Fsp3) is 0.176. The molecule has 1 amide bonds. The predicted octanol–water partition coefficient (Wildman–Crippen LogP) is 3.88. The molecule has 4 rings (SSSR count). The van der Waals surface area contributed by atoms with Crippen molar-refractivity contribution in [1.82, 2.24) is 14.6 Å². The van der Waals surface area contributed by atoms with Crippen molar-refractivity contribution in [2.45, 2.75) is 18.8 Å². The molecule has 1 N–H and O–H groups in total. The number of rotatable bonds is 3. The molecular formula is C17H11ClFN5O2. The van der Waals surface area contributed by atoms with Crippen LogP contribution in [-0.2, 0) is 0 Å². The van der Waals surface area contributed by atoms with Gasteiger partial charge < -0.3 is 4.74 Å². The zero-order chi connectivity index (χ0) is 18.3. The second kappa shape index (κ2) is 6.28. The third-order valence-corrected chi connectivity index (χ3v) is 4.12. The first-order chi connectivity index (χ1) is 12.5. The number of aromatic nitrogens is 3. The highest BCUT2D eigenvalue weighted by Gasteiger charge is 2.28. The molecule has 130 valence electrons. The number of ether oxygens (including phenoxy) is 1. The molecule has 0 unspecified atom stereocenters. The highest BCUT2D eigenvalue weighted by Crippen LogP contribution is 2.42. The first-order valence-corrected chi connectivity index (χ1v) is 8.15. The maximum atomic E-state index is 13.5. The number of fused-ring (bicyclic) bond motifs is 1. The molecule has 3 aromatic rings. The standard InChI is InChI=1S/C17H11ClFN5O2/c18-14-6-15(24-16(23-14)13(8-21-24)10-1-2-10)26-17(25)22-12-4-9(7-20)3-11(19)5-12/h3-6,8,10H,1-2H2,(H,22,25). The summed E-state index contributed by atoms with van der Waals surface area (Å²) < 4.78 is 20.1. The van der Waals surface area contributed by atoms with Crippen molar-refractivity contribution in [1.29, 1.82) is 5.26 Å². The summed E-state index contributed by atoms with van der Waals surface area (Å²) in [5, 5.41) is 15.6. The summed E-state index contributed by atoms with van der Waals surface area (Å²) in [6.45, 7) is 0. The third-order valence-electron chi connectivity index (χ3n) is 3.92. The highest BCUT2D eigenvalue weighted by molar-refractivity contribution is 6.29. The number of nitrogens with one attached hydrogen (secondary N) is 1. The zero-order valence-electron chi connectivity index (χ0n) is 13.2. The molecule has 0 radical (unpaired) electrons. The van der Waals surface area contributed by atoms with Crippen molar-refractivity contribution in [2.24, 2.45) is 0 Å². The molecule has 1 saturated carbocycles. The Morgan fingerprint density at radius 2 is 2.19 bits per heavy atom. The van der Waals surface area contributed by atoms with Gasteiger partial charge in [0.25, 0.3) is 0 Å². The van der Waals surface area contributed by atoms with Crippen LogP contribution in [0.5, 0.6) is 5.88 Å². The molecule has 1 aliphatic rings. The molecule has 7 nitrogen and oxygen atoms in total. The molecule has 1 fully saturated rings. The van der Waals surface area contributed by atoms with E-state index in [1.165, 1.54) is 16.6 Å². The van der Waals surface area contributed by atoms with E-state index in [2.05, 4.69) is 15.4 Å². The van der Waals surface area contributed by atoms with Gasteiger partial charge in [-0.25, -0.2) is 14.2 Å². The fourth-order valence-electron chi connectivity index (χ4n) is 2.64. The van der Waals surface area contributed by atoms with E-state index < -0.39 is 11.9 Å². The average molecular weight is 372 g/mol. The number of carbonyl (C=O) groups excluding carboxylic acids is 1. The Balaban J connectivity index is 1.60. The highest BCUT2D eigenvalue weighted by atomic mass is 35.5. The van der Waals surface area contributed by atoms with Crippen molar-refractivity contribution < 1.29 is 13.9 Å². The van der Waals surface area contributed by atoms with E-state index in [0.29, 0.717) is 11.6 Å². The molecule has 26 heavy (non-hydrogen) atoms. The maximum Gasteiger partial charge on any atom is 0.418 e. The van der Waals surface area contributed by atoms with E-state index in [1.54, 1.807) is 6.20 Å². The molecule has 0 saturated heterocycles. The fourth-order valence-corrected chi connectivity index (χ4v) is 2.82. The molecule has 2 heterocycles. The number of nitriles is 1. The summed E-state index contributed by atoms with van der Waals surface area (Å²) in [4.78, 5) is 16.4. The minimum absolute atomic E-state index is 0.0794. The van der Waals surface area contributed by atoms with Crippen LogP contribution >= 0.6 is 11.6 Å². The number of nitrogens with zero attached hydrogens (tertiary/aromatic N) is 4. The quantitative estimate of drug-likeness (QED) is 0.705. The Bertz CT molecular complexity index is 1070. The molecule has 1 aliphatic carbocycles. The SMILES string of the molecule is N#Cc1cc(F)cc(NC(=O)Oc2cc(Cl)nc3c(C4CC4)cnn23)c1. The first kappa shape index (κ1) is 16.3. The summed E-state index contributed by atoms with van der Waals surface area (Å²) in [6.07, 6.45) is 2.94. The molecule has 0 atom stereocenters. The van der Waals surface area contributed by atoms with E-state index >= 15 is 0 Å². The summed E-state index contributed by atoms with van der Waals surface area (Å²) >= 11 is 6.03. The average Bonchev–Trinajstić information content (AvgIpc) is 3.34. The Morgan fingerprint density at radius 3 is 2.92 bits per heavy atom. The minimum atomic E-state index is -0.869. The number of halogens is 2. The lowest BCUT2D eigenvalue weighted by molar-refractivity contribution is 0.212. The molecule has 0 aliphatic heterocycles. The lowest BCUT2D eigenvalue weighted by atomic mass is 10.2. The van der Waals surface area contributed by atoms with Crippen LogP contribution in [-0.4, -0.2) is 20.7 Å². The van der Waals surface area contributed by atoms with Crippen LogP contribution in [0.3, 0.4) is 0 Å². The van der Waals surface area contributed by atoms with Gasteiger partial charge in [-0.05, 0) is 37.0 Å². The van der Waals surface area contributed by atoms with Gasteiger partial charge in [0.15, 0.2) is 5.65 Å². The largest absolute Gasteiger partial charge is 0.418 e. The van der Waals surface area contributed by atoms with Crippen LogP contribution in [0.25, 0.3) is 5.65 Å². The molecule has 2 aromatic heterocycles. The topological polar surface area (TPSA) is 92.3 Å². The number of benzene rings is 1. The van der Waals surface area contributed by atoms with Gasteiger partial charge >= 0.3 is 6.09 Å². The van der Waals surface area contributed by atoms with Crippen LogP contribution in [0.4, 0.5) is 14.9 Å². The zero-order valence-corrected chi connectivity index (χ0v) is 14.0. The van der Waals surface area contributed by atoms with E-state index in [9.17, 15) is 9.18 Å². The Labute approximate surface area is 152 Å². The van der Waals surface area contributed by atoms with Gasteiger partial charge in [0.2, 0.25) is 5.88 Å². The van der Waals surface area contributed by atoms with Crippen molar-refractivity contribution in [3.63, 3.8) is 0 Å². The predicted molar refractivity (Wildman–Crippen MR) is 90.7 cm³/mol. The summed E-state index contributed by atoms with van der Waals surface area (Å²) in [5.41, 5.74) is 1.68. The normalized spacial score (nSPS) is 13.4. The van der Waals surface area contributed by atoms with Gasteiger partial charge in [-0.15, -0.1) is 0 Å². The van der Waals surface area contributed by atoms with Crippen molar-refractivity contribution in [3.05, 3.63) is 52.6 Å². The van der Waals surface area contributed by atoms with Crippen molar-refractivity contribution in [2.75, 3.05) is 5.32 Å². The van der Waals surface area contributed by atoms with E-state index in [-0.39, 0.29) is 22.3 Å². The Kier molecular flexibility index (Phi) is 3.93. The van der Waals surface area contributed by atoms with E-state index in [0.717, 1.165) is 30.5 Å². The molecular weight excluding hydrogens is 361 g/mol. The van der Waals surface area contributed by atoms with Gasteiger partial charge in [0, 0.05) is 17.3 Å². The van der Waals surface area contributed by atoms with Gasteiger partial charge in [-0.1, -0.05) is 11.6 Å². The van der Waals surface area contributed by atoms with Crippen molar-refractivity contribution >= 4 is 29.0 Å². The summed E-state index contributed by atoms with van der Waals surface area (Å²) in [7, 11) is 0. The molecule has 1 aromatic carbocycles. The Hall–Kier alpha value is -3.18. The third kappa shape index (κ3) is 3.17. The van der Waals surface area contributed by atoms with Crippen LogP contribution < -0.4 is 10.1 Å². The maximum absolute atomic E-state index is 13.5. The second-order valence-electron chi connectivity index (χ2n) is 5.88. The monoisotopic (exact) mass is 371 g/mol. The van der Waals surface area contributed by atoms with Crippen molar-refractivity contribution in [3.8, 4) is 11.9 Å².